The number of hydrogen-bond donors (Lipinski definition) is 2. The Hall–Kier alpha value is -2.61. The molecule has 1 aromatic heterocycles. The molecule has 112 valence electrons. The number of carbonyl (C=O) groups is 1. The van der Waals surface area contributed by atoms with Crippen molar-refractivity contribution >= 4 is 11.6 Å². The molecule has 2 aromatic rings. The highest BCUT2D eigenvalue weighted by molar-refractivity contribution is 6.02. The molecule has 0 saturated carbocycles. The number of anilines is 1. The molecule has 0 unspecified atom stereocenters. The minimum atomic E-state index is -0.367. The molecule has 0 bridgehead atoms. The Bertz CT molecular complexity index is 604. The van der Waals surface area contributed by atoms with E-state index >= 15 is 0 Å². The standard InChI is InChI=1S/C13H17N5O3/c1-20-10-5-9(6-11(7-10)21-2)15-13(19)12-8-18(4-3-14)17-16-12/h5-8H,3-4,14H2,1-2H3,(H,15,19). The van der Waals surface area contributed by atoms with Crippen LogP contribution in [0.15, 0.2) is 24.4 Å². The first-order valence-electron chi connectivity index (χ1n) is 6.31. The average molecular weight is 291 g/mol. The molecule has 0 atom stereocenters. The second-order valence-corrected chi connectivity index (χ2v) is 4.21. The third-order valence-corrected chi connectivity index (χ3v) is 2.74. The maximum atomic E-state index is 12.1. The normalized spacial score (nSPS) is 10.2. The summed E-state index contributed by atoms with van der Waals surface area (Å²) < 4.78 is 11.8. The van der Waals surface area contributed by atoms with Gasteiger partial charge in [-0.05, 0) is 0 Å². The van der Waals surface area contributed by atoms with Gasteiger partial charge in [-0.2, -0.15) is 0 Å². The van der Waals surface area contributed by atoms with Crippen molar-refractivity contribution in [2.45, 2.75) is 6.54 Å². The molecule has 0 aliphatic carbocycles. The maximum Gasteiger partial charge on any atom is 0.277 e. The molecule has 0 aliphatic heterocycles. The number of aromatic nitrogens is 3. The van der Waals surface area contributed by atoms with Crippen molar-refractivity contribution in [3.05, 3.63) is 30.1 Å². The molecule has 3 N–H and O–H groups in total. The molecular weight excluding hydrogens is 274 g/mol. The highest BCUT2D eigenvalue weighted by atomic mass is 16.5. The molecule has 0 fully saturated rings. The summed E-state index contributed by atoms with van der Waals surface area (Å²) in [6.45, 7) is 0.935. The molecular formula is C13H17N5O3. The highest BCUT2D eigenvalue weighted by Gasteiger charge is 2.12. The fourth-order valence-corrected chi connectivity index (χ4v) is 1.72. The zero-order chi connectivity index (χ0) is 15.2. The molecule has 21 heavy (non-hydrogen) atoms. The Kier molecular flexibility index (Phi) is 4.72. The van der Waals surface area contributed by atoms with Crippen molar-refractivity contribution in [3.63, 3.8) is 0 Å². The molecule has 0 spiro atoms. The predicted octanol–water partition coefficient (Wildman–Crippen LogP) is 0.506. The second-order valence-electron chi connectivity index (χ2n) is 4.21. The number of nitrogens with zero attached hydrogens (tertiary/aromatic N) is 3. The first-order valence-corrected chi connectivity index (χ1v) is 6.31. The quantitative estimate of drug-likeness (QED) is 0.803. The predicted molar refractivity (Wildman–Crippen MR) is 76.6 cm³/mol. The van der Waals surface area contributed by atoms with Crippen LogP contribution in [-0.2, 0) is 6.54 Å². The van der Waals surface area contributed by atoms with Crippen LogP contribution in [0.5, 0.6) is 11.5 Å². The van der Waals surface area contributed by atoms with Crippen LogP contribution in [-0.4, -0.2) is 41.7 Å². The number of methoxy groups -OCH3 is 2. The number of nitrogens with one attached hydrogen (secondary N) is 1. The van der Waals surface area contributed by atoms with Gasteiger partial charge in [-0.1, -0.05) is 5.21 Å². The summed E-state index contributed by atoms with van der Waals surface area (Å²) in [6, 6.07) is 5.09. The van der Waals surface area contributed by atoms with Gasteiger partial charge in [0.15, 0.2) is 5.69 Å². The van der Waals surface area contributed by atoms with Crippen LogP contribution < -0.4 is 20.5 Å². The largest absolute Gasteiger partial charge is 0.497 e. The van der Waals surface area contributed by atoms with Crippen molar-refractivity contribution in [1.29, 1.82) is 0 Å². The summed E-state index contributed by atoms with van der Waals surface area (Å²) in [6.07, 6.45) is 1.54. The molecule has 1 amide bonds. The summed E-state index contributed by atoms with van der Waals surface area (Å²) in [4.78, 5) is 12.1. The summed E-state index contributed by atoms with van der Waals surface area (Å²) >= 11 is 0. The summed E-state index contributed by atoms with van der Waals surface area (Å²) in [5, 5.41) is 10.3. The summed E-state index contributed by atoms with van der Waals surface area (Å²) in [7, 11) is 3.08. The van der Waals surface area contributed by atoms with E-state index in [0.29, 0.717) is 30.3 Å². The van der Waals surface area contributed by atoms with Crippen LogP contribution in [0.1, 0.15) is 10.5 Å². The zero-order valence-corrected chi connectivity index (χ0v) is 11.9. The van der Waals surface area contributed by atoms with Crippen LogP contribution in [0.3, 0.4) is 0 Å². The maximum absolute atomic E-state index is 12.1. The van der Waals surface area contributed by atoms with E-state index in [2.05, 4.69) is 15.6 Å². The van der Waals surface area contributed by atoms with Gasteiger partial charge in [-0.25, -0.2) is 0 Å². The lowest BCUT2D eigenvalue weighted by atomic mass is 10.2. The van der Waals surface area contributed by atoms with E-state index in [4.69, 9.17) is 15.2 Å². The molecule has 8 nitrogen and oxygen atoms in total. The van der Waals surface area contributed by atoms with Gasteiger partial charge in [-0.15, -0.1) is 5.10 Å². The van der Waals surface area contributed by atoms with Crippen LogP contribution in [0, 0.1) is 0 Å². The first-order chi connectivity index (χ1) is 10.2. The Morgan fingerprint density at radius 2 is 1.95 bits per heavy atom. The van der Waals surface area contributed by atoms with E-state index in [0.717, 1.165) is 0 Å². The molecule has 1 heterocycles. The average Bonchev–Trinajstić information content (AvgIpc) is 2.96. The van der Waals surface area contributed by atoms with E-state index in [-0.39, 0.29) is 11.6 Å². The Morgan fingerprint density at radius 1 is 1.29 bits per heavy atom. The fourth-order valence-electron chi connectivity index (χ4n) is 1.72. The lowest BCUT2D eigenvalue weighted by Crippen LogP contribution is -2.13. The van der Waals surface area contributed by atoms with Gasteiger partial charge >= 0.3 is 0 Å². The number of rotatable bonds is 6. The van der Waals surface area contributed by atoms with E-state index in [1.54, 1.807) is 38.6 Å². The van der Waals surface area contributed by atoms with Crippen LogP contribution in [0.4, 0.5) is 5.69 Å². The third kappa shape index (κ3) is 3.69. The number of ether oxygens (including phenoxy) is 2. The van der Waals surface area contributed by atoms with E-state index in [1.807, 2.05) is 0 Å². The van der Waals surface area contributed by atoms with Crippen molar-refractivity contribution in [2.75, 3.05) is 26.1 Å². The number of carbonyl (C=O) groups excluding carboxylic acids is 1. The lowest BCUT2D eigenvalue weighted by Gasteiger charge is -2.08. The van der Waals surface area contributed by atoms with E-state index < -0.39 is 0 Å². The van der Waals surface area contributed by atoms with Gasteiger partial charge in [0.25, 0.3) is 5.91 Å². The molecule has 8 heteroatoms. The Morgan fingerprint density at radius 3 is 2.52 bits per heavy atom. The number of hydrogen-bond acceptors (Lipinski definition) is 6. The minimum absolute atomic E-state index is 0.213. The van der Waals surface area contributed by atoms with E-state index in [9.17, 15) is 4.79 Å². The number of benzene rings is 1. The molecule has 1 aromatic carbocycles. The van der Waals surface area contributed by atoms with Gasteiger partial charge in [0.2, 0.25) is 0 Å². The smallest absolute Gasteiger partial charge is 0.277 e. The van der Waals surface area contributed by atoms with Gasteiger partial charge in [0, 0.05) is 30.4 Å². The fraction of sp³-hybridized carbons (Fsp3) is 0.308. The molecule has 0 saturated heterocycles. The lowest BCUT2D eigenvalue weighted by molar-refractivity contribution is 0.102. The third-order valence-electron chi connectivity index (χ3n) is 2.74. The molecule has 2 rings (SSSR count). The SMILES string of the molecule is COc1cc(NC(=O)c2cn(CCN)nn2)cc(OC)c1. The molecule has 0 radical (unpaired) electrons. The minimum Gasteiger partial charge on any atom is -0.497 e. The Balaban J connectivity index is 2.14. The zero-order valence-electron chi connectivity index (χ0n) is 11.9. The van der Waals surface area contributed by atoms with Crippen molar-refractivity contribution in [3.8, 4) is 11.5 Å². The van der Waals surface area contributed by atoms with Gasteiger partial charge in [0.05, 0.1) is 27.0 Å². The van der Waals surface area contributed by atoms with Gasteiger partial charge in [0.1, 0.15) is 11.5 Å². The number of amides is 1. The highest BCUT2D eigenvalue weighted by Crippen LogP contribution is 2.25. The Labute approximate surface area is 121 Å². The summed E-state index contributed by atoms with van der Waals surface area (Å²) in [5.74, 6) is 0.793. The molecule has 0 aliphatic rings. The van der Waals surface area contributed by atoms with Crippen molar-refractivity contribution < 1.29 is 14.3 Å². The van der Waals surface area contributed by atoms with Crippen LogP contribution in [0.25, 0.3) is 0 Å². The second kappa shape index (κ2) is 6.71. The van der Waals surface area contributed by atoms with Crippen molar-refractivity contribution in [2.24, 2.45) is 5.73 Å². The monoisotopic (exact) mass is 291 g/mol. The van der Waals surface area contributed by atoms with Gasteiger partial charge < -0.3 is 20.5 Å². The van der Waals surface area contributed by atoms with Crippen LogP contribution >= 0.6 is 0 Å². The van der Waals surface area contributed by atoms with Crippen LogP contribution in [0.2, 0.25) is 0 Å². The van der Waals surface area contributed by atoms with Gasteiger partial charge in [-0.3, -0.25) is 9.48 Å². The van der Waals surface area contributed by atoms with E-state index in [1.165, 1.54) is 4.68 Å². The first kappa shape index (κ1) is 14.8. The summed E-state index contributed by atoms with van der Waals surface area (Å²) in [5.41, 5.74) is 6.18. The van der Waals surface area contributed by atoms with Crippen molar-refractivity contribution in [1.82, 2.24) is 15.0 Å². The number of nitrogens with two attached hydrogens (primary N) is 1. The topological polar surface area (TPSA) is 104 Å².